The highest BCUT2D eigenvalue weighted by Gasteiger charge is 2.44. The zero-order valence-electron chi connectivity index (χ0n) is 13.6. The van der Waals surface area contributed by atoms with Crippen molar-refractivity contribution in [3.05, 3.63) is 87.4 Å². The van der Waals surface area contributed by atoms with E-state index in [4.69, 9.17) is 44.3 Å². The van der Waals surface area contributed by atoms with Crippen molar-refractivity contribution in [3.8, 4) is 0 Å². The summed E-state index contributed by atoms with van der Waals surface area (Å²) in [6.45, 7) is 0.828. The number of benzene rings is 2. The third kappa shape index (κ3) is 3.48. The Labute approximate surface area is 166 Å². The summed E-state index contributed by atoms with van der Waals surface area (Å²) in [6.07, 6.45) is 5.01. The molecule has 0 N–H and O–H groups in total. The number of nitrogens with zero attached hydrogens (tertiary/aromatic N) is 2. The lowest BCUT2D eigenvalue weighted by Gasteiger charge is -2.29. The predicted molar refractivity (Wildman–Crippen MR) is 102 cm³/mol. The van der Waals surface area contributed by atoms with Crippen LogP contribution in [0.4, 0.5) is 0 Å². The summed E-state index contributed by atoms with van der Waals surface area (Å²) in [5, 5.41) is 1.79. The summed E-state index contributed by atoms with van der Waals surface area (Å²) in [7, 11) is 0. The van der Waals surface area contributed by atoms with Gasteiger partial charge in [0.2, 0.25) is 5.79 Å². The molecular weight excluding hydrogens is 395 g/mol. The Hall–Kier alpha value is -1.56. The van der Waals surface area contributed by atoms with Crippen LogP contribution in [0, 0.1) is 0 Å². The van der Waals surface area contributed by atoms with Crippen LogP contribution < -0.4 is 0 Å². The standard InChI is InChI=1S/C19H15Cl3N2O2/c20-14-3-1-13(2-4-14)19(11-24-8-7-23-12-24)25-10-18(26-19)16-6-5-15(21)9-17(16)22/h1-9,12,18H,10-11H2. The highest BCUT2D eigenvalue weighted by molar-refractivity contribution is 6.35. The fourth-order valence-electron chi connectivity index (χ4n) is 3.07. The van der Waals surface area contributed by atoms with E-state index in [2.05, 4.69) is 4.98 Å². The van der Waals surface area contributed by atoms with Gasteiger partial charge in [-0.15, -0.1) is 0 Å². The Balaban J connectivity index is 1.69. The second kappa shape index (κ2) is 7.22. The van der Waals surface area contributed by atoms with Gasteiger partial charge in [0.15, 0.2) is 0 Å². The number of rotatable bonds is 4. The van der Waals surface area contributed by atoms with Crippen LogP contribution in [-0.2, 0) is 21.8 Å². The second-order valence-corrected chi connectivity index (χ2v) is 7.36. The first-order valence-corrected chi connectivity index (χ1v) is 9.18. The van der Waals surface area contributed by atoms with Crippen molar-refractivity contribution in [3.63, 3.8) is 0 Å². The van der Waals surface area contributed by atoms with Gasteiger partial charge < -0.3 is 14.0 Å². The van der Waals surface area contributed by atoms with E-state index in [0.717, 1.165) is 11.1 Å². The molecule has 2 heterocycles. The minimum atomic E-state index is -0.959. The van der Waals surface area contributed by atoms with E-state index in [0.29, 0.717) is 28.2 Å². The zero-order chi connectivity index (χ0) is 18.1. The molecule has 1 aliphatic heterocycles. The van der Waals surface area contributed by atoms with Crippen molar-refractivity contribution in [1.82, 2.24) is 9.55 Å². The van der Waals surface area contributed by atoms with E-state index in [1.165, 1.54) is 0 Å². The van der Waals surface area contributed by atoms with Crippen molar-refractivity contribution < 1.29 is 9.47 Å². The van der Waals surface area contributed by atoms with Crippen LogP contribution in [0.25, 0.3) is 0 Å². The van der Waals surface area contributed by atoms with E-state index in [1.54, 1.807) is 24.7 Å². The molecule has 26 heavy (non-hydrogen) atoms. The smallest absolute Gasteiger partial charge is 0.214 e. The molecule has 1 fully saturated rings. The molecule has 4 nitrogen and oxygen atoms in total. The molecule has 0 spiro atoms. The van der Waals surface area contributed by atoms with Crippen LogP contribution in [0.15, 0.2) is 61.2 Å². The molecule has 3 aromatic rings. The van der Waals surface area contributed by atoms with Crippen molar-refractivity contribution in [1.29, 1.82) is 0 Å². The minimum Gasteiger partial charge on any atom is -0.341 e. The summed E-state index contributed by atoms with van der Waals surface area (Å²) >= 11 is 18.4. The molecule has 134 valence electrons. The second-order valence-electron chi connectivity index (χ2n) is 6.08. The molecule has 0 aliphatic carbocycles. The highest BCUT2D eigenvalue weighted by atomic mass is 35.5. The first-order chi connectivity index (χ1) is 12.6. The summed E-state index contributed by atoms with van der Waals surface area (Å²) in [4.78, 5) is 4.10. The van der Waals surface area contributed by atoms with Crippen LogP contribution in [0.3, 0.4) is 0 Å². The maximum absolute atomic E-state index is 6.41. The van der Waals surface area contributed by atoms with Gasteiger partial charge in [-0.25, -0.2) is 4.98 Å². The zero-order valence-corrected chi connectivity index (χ0v) is 15.9. The van der Waals surface area contributed by atoms with Crippen molar-refractivity contribution >= 4 is 34.8 Å². The van der Waals surface area contributed by atoms with Gasteiger partial charge in [0.1, 0.15) is 6.10 Å². The first kappa shape index (κ1) is 17.8. The van der Waals surface area contributed by atoms with Gasteiger partial charge in [0.05, 0.1) is 19.5 Å². The monoisotopic (exact) mass is 408 g/mol. The number of halogens is 3. The molecule has 7 heteroatoms. The molecule has 0 bridgehead atoms. The van der Waals surface area contributed by atoms with E-state index < -0.39 is 5.79 Å². The van der Waals surface area contributed by atoms with Crippen molar-refractivity contribution in [2.24, 2.45) is 0 Å². The number of imidazole rings is 1. The van der Waals surface area contributed by atoms with Gasteiger partial charge >= 0.3 is 0 Å². The molecule has 0 radical (unpaired) electrons. The molecular formula is C19H15Cl3N2O2. The molecule has 1 saturated heterocycles. The molecule has 1 aliphatic rings. The van der Waals surface area contributed by atoms with Gasteiger partial charge in [-0.1, -0.05) is 53.0 Å². The topological polar surface area (TPSA) is 36.3 Å². The normalized spacial score (nSPS) is 22.7. The molecule has 1 aromatic heterocycles. The third-order valence-electron chi connectivity index (χ3n) is 4.34. The summed E-state index contributed by atoms with van der Waals surface area (Å²) in [6, 6.07) is 12.8. The Morgan fingerprint density at radius 1 is 1.08 bits per heavy atom. The Morgan fingerprint density at radius 3 is 2.54 bits per heavy atom. The number of aromatic nitrogens is 2. The molecule has 2 atom stereocenters. The molecule has 2 aromatic carbocycles. The predicted octanol–water partition coefficient (Wildman–Crippen LogP) is 5.48. The SMILES string of the molecule is Clc1ccc(C2(Cn3ccnc3)OCC(c3ccc(Cl)cc3Cl)O2)cc1. The quantitative estimate of drug-likeness (QED) is 0.572. The van der Waals surface area contributed by atoms with Crippen molar-refractivity contribution in [2.75, 3.05) is 6.61 Å². The number of hydrogen-bond acceptors (Lipinski definition) is 3. The first-order valence-electron chi connectivity index (χ1n) is 8.04. The maximum atomic E-state index is 6.41. The fraction of sp³-hybridized carbons (Fsp3) is 0.211. The van der Waals surface area contributed by atoms with Gasteiger partial charge in [-0.05, 0) is 24.3 Å². The average Bonchev–Trinajstić information content (AvgIpc) is 3.27. The molecule has 0 saturated carbocycles. The lowest BCUT2D eigenvalue weighted by atomic mass is 10.1. The Morgan fingerprint density at radius 2 is 1.85 bits per heavy atom. The lowest BCUT2D eigenvalue weighted by Crippen LogP contribution is -2.32. The van der Waals surface area contributed by atoms with E-state index in [1.807, 2.05) is 41.1 Å². The fourth-order valence-corrected chi connectivity index (χ4v) is 3.73. The Bertz CT molecular complexity index is 900. The van der Waals surface area contributed by atoms with Crippen LogP contribution >= 0.6 is 34.8 Å². The van der Waals surface area contributed by atoms with E-state index >= 15 is 0 Å². The summed E-state index contributed by atoms with van der Waals surface area (Å²) in [5.41, 5.74) is 1.72. The van der Waals surface area contributed by atoms with Gasteiger partial charge in [-0.2, -0.15) is 0 Å². The van der Waals surface area contributed by atoms with E-state index in [-0.39, 0.29) is 6.10 Å². The third-order valence-corrected chi connectivity index (χ3v) is 5.16. The summed E-state index contributed by atoms with van der Waals surface area (Å²) < 4.78 is 14.5. The van der Waals surface area contributed by atoms with Crippen LogP contribution in [0.2, 0.25) is 15.1 Å². The maximum Gasteiger partial charge on any atom is 0.214 e. The Kier molecular flexibility index (Phi) is 4.95. The number of ether oxygens (including phenoxy) is 2. The molecule has 2 unspecified atom stereocenters. The van der Waals surface area contributed by atoms with E-state index in [9.17, 15) is 0 Å². The molecule has 0 amide bonds. The van der Waals surface area contributed by atoms with Gasteiger partial charge in [0.25, 0.3) is 0 Å². The largest absolute Gasteiger partial charge is 0.341 e. The highest BCUT2D eigenvalue weighted by Crippen LogP contribution is 2.43. The van der Waals surface area contributed by atoms with Crippen LogP contribution in [0.1, 0.15) is 17.2 Å². The van der Waals surface area contributed by atoms with Crippen LogP contribution in [-0.4, -0.2) is 16.2 Å². The molecule has 4 rings (SSSR count). The van der Waals surface area contributed by atoms with Crippen LogP contribution in [0.5, 0.6) is 0 Å². The van der Waals surface area contributed by atoms with Crippen molar-refractivity contribution in [2.45, 2.75) is 18.4 Å². The summed E-state index contributed by atoms with van der Waals surface area (Å²) in [5.74, 6) is -0.959. The lowest BCUT2D eigenvalue weighted by molar-refractivity contribution is -0.187. The number of hydrogen-bond donors (Lipinski definition) is 0. The van der Waals surface area contributed by atoms with Gasteiger partial charge in [0, 0.05) is 38.6 Å². The average molecular weight is 410 g/mol. The van der Waals surface area contributed by atoms with Gasteiger partial charge in [-0.3, -0.25) is 0 Å². The minimum absolute atomic E-state index is 0.307.